The molecule has 0 aliphatic heterocycles. The minimum atomic E-state index is -2.43. The van der Waals surface area contributed by atoms with Crippen molar-refractivity contribution in [1.82, 2.24) is 10.4 Å². The van der Waals surface area contributed by atoms with Gasteiger partial charge in [-0.15, -0.1) is 0 Å². The molecule has 0 saturated heterocycles. The standard InChI is InChI=1S/C11H17F2N3O/c1-8-2-4-15-6-9(8)10(16-14)3-5-17-7-11(12)13/h2,4,6,10-11,16H,3,5,7,14H2,1H3. The fourth-order valence-electron chi connectivity index (χ4n) is 1.54. The molecule has 1 aromatic rings. The highest BCUT2D eigenvalue weighted by Crippen LogP contribution is 2.18. The van der Waals surface area contributed by atoms with Crippen LogP contribution in [0.4, 0.5) is 8.78 Å². The number of hydrogen-bond donors (Lipinski definition) is 2. The van der Waals surface area contributed by atoms with Crippen molar-refractivity contribution in [1.29, 1.82) is 0 Å². The Balaban J connectivity index is 2.46. The molecule has 1 unspecified atom stereocenters. The number of rotatable bonds is 7. The molecule has 4 nitrogen and oxygen atoms in total. The van der Waals surface area contributed by atoms with Gasteiger partial charge in [-0.3, -0.25) is 16.3 Å². The summed E-state index contributed by atoms with van der Waals surface area (Å²) >= 11 is 0. The van der Waals surface area contributed by atoms with Crippen molar-refractivity contribution in [2.24, 2.45) is 5.84 Å². The van der Waals surface area contributed by atoms with Gasteiger partial charge >= 0.3 is 0 Å². The molecule has 17 heavy (non-hydrogen) atoms. The summed E-state index contributed by atoms with van der Waals surface area (Å²) in [6.45, 7) is 1.64. The SMILES string of the molecule is Cc1ccncc1C(CCOCC(F)F)NN. The smallest absolute Gasteiger partial charge is 0.261 e. The lowest BCUT2D eigenvalue weighted by atomic mass is 10.0. The van der Waals surface area contributed by atoms with Crippen molar-refractivity contribution in [3.05, 3.63) is 29.6 Å². The fourth-order valence-corrected chi connectivity index (χ4v) is 1.54. The van der Waals surface area contributed by atoms with Crippen molar-refractivity contribution >= 4 is 0 Å². The van der Waals surface area contributed by atoms with E-state index in [0.717, 1.165) is 11.1 Å². The number of aromatic nitrogens is 1. The van der Waals surface area contributed by atoms with Crippen LogP contribution in [0.5, 0.6) is 0 Å². The van der Waals surface area contributed by atoms with E-state index in [4.69, 9.17) is 10.6 Å². The Morgan fingerprint density at radius 2 is 2.29 bits per heavy atom. The van der Waals surface area contributed by atoms with Crippen LogP contribution in [-0.2, 0) is 4.74 Å². The lowest BCUT2D eigenvalue weighted by molar-refractivity contribution is 0.0143. The molecule has 0 fully saturated rings. The molecule has 6 heteroatoms. The van der Waals surface area contributed by atoms with Gasteiger partial charge in [0.05, 0.1) is 0 Å². The predicted octanol–water partition coefficient (Wildman–Crippen LogP) is 1.57. The number of hydrogen-bond acceptors (Lipinski definition) is 4. The van der Waals surface area contributed by atoms with Crippen molar-refractivity contribution in [3.63, 3.8) is 0 Å². The molecule has 1 aromatic heterocycles. The van der Waals surface area contributed by atoms with Crippen LogP contribution in [0.1, 0.15) is 23.6 Å². The molecule has 96 valence electrons. The highest BCUT2D eigenvalue weighted by molar-refractivity contribution is 5.24. The van der Waals surface area contributed by atoms with Gasteiger partial charge in [0.1, 0.15) is 6.61 Å². The molecule has 0 radical (unpaired) electrons. The second-order valence-corrected chi connectivity index (χ2v) is 3.71. The lowest BCUT2D eigenvalue weighted by Gasteiger charge is -2.17. The van der Waals surface area contributed by atoms with E-state index in [2.05, 4.69) is 10.4 Å². The summed E-state index contributed by atoms with van der Waals surface area (Å²) in [6, 6.07) is 1.74. The van der Waals surface area contributed by atoms with E-state index in [1.165, 1.54) is 0 Å². The maximum atomic E-state index is 11.9. The number of aryl methyl sites for hydroxylation is 1. The first-order valence-electron chi connectivity index (χ1n) is 5.37. The summed E-state index contributed by atoms with van der Waals surface area (Å²) < 4.78 is 28.5. The van der Waals surface area contributed by atoms with Crippen molar-refractivity contribution < 1.29 is 13.5 Å². The maximum absolute atomic E-state index is 11.9. The average molecular weight is 245 g/mol. The zero-order chi connectivity index (χ0) is 12.7. The molecule has 0 aliphatic rings. The van der Waals surface area contributed by atoms with Crippen LogP contribution in [0.15, 0.2) is 18.5 Å². The average Bonchev–Trinajstić information content (AvgIpc) is 2.30. The Morgan fingerprint density at radius 1 is 1.53 bits per heavy atom. The number of nitrogens with two attached hydrogens (primary N) is 1. The normalized spacial score (nSPS) is 13.0. The van der Waals surface area contributed by atoms with E-state index in [0.29, 0.717) is 6.42 Å². The summed E-state index contributed by atoms with van der Waals surface area (Å²) in [4.78, 5) is 4.01. The van der Waals surface area contributed by atoms with Crippen LogP contribution >= 0.6 is 0 Å². The molecule has 1 atom stereocenters. The molecule has 0 spiro atoms. The van der Waals surface area contributed by atoms with Crippen LogP contribution < -0.4 is 11.3 Å². The molecule has 1 rings (SSSR count). The Labute approximate surface area is 99.1 Å². The number of alkyl halides is 2. The molecule has 0 aliphatic carbocycles. The second-order valence-electron chi connectivity index (χ2n) is 3.71. The highest BCUT2D eigenvalue weighted by atomic mass is 19.3. The quantitative estimate of drug-likeness (QED) is 0.435. The van der Waals surface area contributed by atoms with Gasteiger partial charge < -0.3 is 4.74 Å². The van der Waals surface area contributed by atoms with E-state index >= 15 is 0 Å². The summed E-state index contributed by atoms with van der Waals surface area (Å²) in [5.41, 5.74) is 4.65. The number of halogens is 2. The minimum Gasteiger partial charge on any atom is -0.375 e. The van der Waals surface area contributed by atoms with E-state index in [1.807, 2.05) is 13.0 Å². The van der Waals surface area contributed by atoms with Crippen LogP contribution in [0.2, 0.25) is 0 Å². The van der Waals surface area contributed by atoms with E-state index < -0.39 is 13.0 Å². The molecule has 0 aromatic carbocycles. The predicted molar refractivity (Wildman–Crippen MR) is 60.5 cm³/mol. The van der Waals surface area contributed by atoms with Crippen LogP contribution in [-0.4, -0.2) is 24.6 Å². The van der Waals surface area contributed by atoms with Crippen molar-refractivity contribution in [2.75, 3.05) is 13.2 Å². The number of hydrazine groups is 1. The van der Waals surface area contributed by atoms with Crippen LogP contribution in [0.25, 0.3) is 0 Å². The fraction of sp³-hybridized carbons (Fsp3) is 0.545. The zero-order valence-corrected chi connectivity index (χ0v) is 9.70. The number of nitrogens with one attached hydrogen (secondary N) is 1. The van der Waals surface area contributed by atoms with Gasteiger partial charge in [-0.2, -0.15) is 0 Å². The minimum absolute atomic E-state index is 0.138. The second kappa shape index (κ2) is 7.26. The Morgan fingerprint density at radius 3 is 2.88 bits per heavy atom. The Kier molecular flexibility index (Phi) is 5.96. The molecule has 0 bridgehead atoms. The molecular weight excluding hydrogens is 228 g/mol. The third-order valence-corrected chi connectivity index (χ3v) is 2.45. The zero-order valence-electron chi connectivity index (χ0n) is 9.70. The Hall–Kier alpha value is -1.11. The first kappa shape index (κ1) is 14.0. The number of ether oxygens (including phenoxy) is 1. The maximum Gasteiger partial charge on any atom is 0.261 e. The molecule has 0 amide bonds. The van der Waals surface area contributed by atoms with Gasteiger partial charge in [0.25, 0.3) is 6.43 Å². The highest BCUT2D eigenvalue weighted by Gasteiger charge is 2.12. The third kappa shape index (κ3) is 4.72. The van der Waals surface area contributed by atoms with Gasteiger partial charge in [-0.05, 0) is 30.5 Å². The molecule has 1 heterocycles. The summed E-state index contributed by atoms with van der Waals surface area (Å²) in [5, 5.41) is 0. The number of pyridine rings is 1. The van der Waals surface area contributed by atoms with Crippen LogP contribution in [0, 0.1) is 6.92 Å². The molecule has 0 saturated carbocycles. The summed E-state index contributed by atoms with van der Waals surface area (Å²) in [5.74, 6) is 5.43. The van der Waals surface area contributed by atoms with Gasteiger partial charge in [0, 0.05) is 25.0 Å². The largest absolute Gasteiger partial charge is 0.375 e. The first-order chi connectivity index (χ1) is 8.15. The van der Waals surface area contributed by atoms with Gasteiger partial charge in [0.2, 0.25) is 0 Å². The summed E-state index contributed by atoms with van der Waals surface area (Å²) in [7, 11) is 0. The topological polar surface area (TPSA) is 60.2 Å². The van der Waals surface area contributed by atoms with Crippen LogP contribution in [0.3, 0.4) is 0 Å². The van der Waals surface area contributed by atoms with Crippen molar-refractivity contribution in [3.8, 4) is 0 Å². The monoisotopic (exact) mass is 245 g/mol. The van der Waals surface area contributed by atoms with E-state index in [-0.39, 0.29) is 12.6 Å². The molecular formula is C11H17F2N3O. The summed E-state index contributed by atoms with van der Waals surface area (Å²) in [6.07, 6.45) is 1.50. The van der Waals surface area contributed by atoms with Gasteiger partial charge in [-0.25, -0.2) is 8.78 Å². The Bertz CT molecular complexity index is 336. The number of nitrogens with zero attached hydrogens (tertiary/aromatic N) is 1. The lowest BCUT2D eigenvalue weighted by Crippen LogP contribution is -2.29. The first-order valence-corrected chi connectivity index (χ1v) is 5.37. The van der Waals surface area contributed by atoms with Crippen molar-refractivity contribution in [2.45, 2.75) is 25.8 Å². The molecule has 3 N–H and O–H groups in total. The van der Waals surface area contributed by atoms with E-state index in [1.54, 1.807) is 12.4 Å². The van der Waals surface area contributed by atoms with Gasteiger partial charge in [-0.1, -0.05) is 0 Å². The third-order valence-electron chi connectivity index (χ3n) is 2.45. The van der Waals surface area contributed by atoms with Gasteiger partial charge in [0.15, 0.2) is 0 Å². The van der Waals surface area contributed by atoms with E-state index in [9.17, 15) is 8.78 Å².